The van der Waals surface area contributed by atoms with Crippen molar-refractivity contribution in [2.24, 2.45) is 5.73 Å². The van der Waals surface area contributed by atoms with E-state index in [2.05, 4.69) is 39.1 Å². The van der Waals surface area contributed by atoms with E-state index in [0.29, 0.717) is 24.0 Å². The van der Waals surface area contributed by atoms with Crippen LogP contribution >= 0.6 is 12.4 Å². The first kappa shape index (κ1) is 30.2. The van der Waals surface area contributed by atoms with Gasteiger partial charge >= 0.3 is 0 Å². The number of methoxy groups -OCH3 is 2. The molecule has 0 unspecified atom stereocenters. The van der Waals surface area contributed by atoms with Crippen LogP contribution in [0.2, 0.25) is 0 Å². The van der Waals surface area contributed by atoms with Gasteiger partial charge in [0.05, 0.1) is 31.0 Å². The predicted molar refractivity (Wildman–Crippen MR) is 161 cm³/mol. The molecule has 3 N–H and O–H groups in total. The molecule has 4 heterocycles. The van der Waals surface area contributed by atoms with Crippen molar-refractivity contribution in [3.8, 4) is 28.3 Å². The third-order valence-electron chi connectivity index (χ3n) is 7.02. The normalized spacial score (nSPS) is 15.4. The molecule has 1 fully saturated rings. The monoisotopic (exact) mass is 582 g/mol. The number of pyridine rings is 1. The van der Waals surface area contributed by atoms with Crippen molar-refractivity contribution in [2.45, 2.75) is 38.3 Å². The summed E-state index contributed by atoms with van der Waals surface area (Å²) in [5.41, 5.74) is 9.16. The van der Waals surface area contributed by atoms with Crippen LogP contribution in [0.4, 0.5) is 21.7 Å². The van der Waals surface area contributed by atoms with E-state index in [4.69, 9.17) is 20.2 Å². The van der Waals surface area contributed by atoms with Crippen LogP contribution in [0.25, 0.3) is 22.5 Å². The number of hydrogen-bond donors (Lipinski definition) is 2. The lowest BCUT2D eigenvalue weighted by molar-refractivity contribution is 0.101. The summed E-state index contributed by atoms with van der Waals surface area (Å²) in [5, 5.41) is 7.89. The van der Waals surface area contributed by atoms with Gasteiger partial charge in [-0.15, -0.1) is 12.4 Å². The first-order valence-corrected chi connectivity index (χ1v) is 13.3. The van der Waals surface area contributed by atoms with E-state index in [9.17, 15) is 4.39 Å². The number of halogens is 2. The molecule has 1 aromatic carbocycles. The molecule has 0 bridgehead atoms. The van der Waals surface area contributed by atoms with Crippen molar-refractivity contribution in [3.05, 3.63) is 60.9 Å². The highest BCUT2D eigenvalue weighted by atomic mass is 35.5. The second-order valence-corrected chi connectivity index (χ2v) is 10.6. The lowest BCUT2D eigenvalue weighted by Crippen LogP contribution is -2.43. The number of hydrogen-bond acceptors (Lipinski definition) is 9. The highest BCUT2D eigenvalue weighted by Crippen LogP contribution is 2.35. The minimum absolute atomic E-state index is 0. The number of aromatic nitrogens is 5. The average molecular weight is 583 g/mol. The molecular formula is C29H36ClFN8O2. The minimum atomic E-state index is -0.461. The van der Waals surface area contributed by atoms with E-state index in [1.807, 2.05) is 29.3 Å². The Bertz CT molecular complexity index is 1480. The van der Waals surface area contributed by atoms with E-state index in [1.54, 1.807) is 31.5 Å². The quantitative estimate of drug-likeness (QED) is 0.280. The van der Waals surface area contributed by atoms with E-state index in [0.717, 1.165) is 42.7 Å². The Morgan fingerprint density at radius 3 is 2.73 bits per heavy atom. The van der Waals surface area contributed by atoms with Crippen LogP contribution < -0.4 is 20.7 Å². The van der Waals surface area contributed by atoms with Gasteiger partial charge in [0.2, 0.25) is 0 Å². The zero-order valence-corrected chi connectivity index (χ0v) is 24.5. The van der Waals surface area contributed by atoms with E-state index in [-0.39, 0.29) is 35.4 Å². The Morgan fingerprint density at radius 2 is 1.98 bits per heavy atom. The summed E-state index contributed by atoms with van der Waals surface area (Å²) in [7, 11) is 3.18. The van der Waals surface area contributed by atoms with Gasteiger partial charge in [-0.05, 0) is 44.9 Å². The zero-order chi connectivity index (χ0) is 28.3. The van der Waals surface area contributed by atoms with Crippen LogP contribution in [0.3, 0.4) is 0 Å². The topological polar surface area (TPSA) is 116 Å². The van der Waals surface area contributed by atoms with Gasteiger partial charge in [0.15, 0.2) is 5.82 Å². The number of nitrogens with one attached hydrogen (secondary N) is 1. The van der Waals surface area contributed by atoms with Gasteiger partial charge in [-0.25, -0.2) is 19.3 Å². The number of nitrogens with zero attached hydrogens (tertiary/aromatic N) is 6. The fourth-order valence-electron chi connectivity index (χ4n) is 5.01. The SMILES string of the molecule is COCC(C)(C)n1cc(-c2cnc(Nc3ccnc(-c4c(F)cccc4OC)n3)cc2N2CCC[C@H](N)C2)cn1.Cl. The summed E-state index contributed by atoms with van der Waals surface area (Å²) >= 11 is 0. The van der Waals surface area contributed by atoms with Crippen LogP contribution in [0.5, 0.6) is 5.75 Å². The van der Waals surface area contributed by atoms with E-state index >= 15 is 0 Å². The highest BCUT2D eigenvalue weighted by molar-refractivity contribution is 5.85. The van der Waals surface area contributed by atoms with Crippen LogP contribution in [0.15, 0.2) is 55.1 Å². The van der Waals surface area contributed by atoms with Gasteiger partial charge in [0.25, 0.3) is 0 Å². The number of ether oxygens (including phenoxy) is 2. The number of nitrogens with two attached hydrogens (primary N) is 1. The molecule has 0 spiro atoms. The summed E-state index contributed by atoms with van der Waals surface area (Å²) in [6, 6.07) is 8.42. The van der Waals surface area contributed by atoms with Crippen molar-refractivity contribution in [2.75, 3.05) is 44.1 Å². The molecule has 12 heteroatoms. The maximum Gasteiger partial charge on any atom is 0.168 e. The van der Waals surface area contributed by atoms with Gasteiger partial charge in [0.1, 0.15) is 23.2 Å². The van der Waals surface area contributed by atoms with E-state index in [1.165, 1.54) is 13.2 Å². The lowest BCUT2D eigenvalue weighted by Gasteiger charge is -2.34. The molecule has 5 rings (SSSR count). The van der Waals surface area contributed by atoms with Gasteiger partial charge in [0, 0.05) is 67.7 Å². The zero-order valence-electron chi connectivity index (χ0n) is 23.7. The van der Waals surface area contributed by atoms with Crippen molar-refractivity contribution in [1.82, 2.24) is 24.7 Å². The molecule has 0 radical (unpaired) electrons. The molecule has 41 heavy (non-hydrogen) atoms. The van der Waals surface area contributed by atoms with Crippen LogP contribution in [0.1, 0.15) is 26.7 Å². The molecule has 0 amide bonds. The van der Waals surface area contributed by atoms with Crippen LogP contribution in [0, 0.1) is 5.82 Å². The maximum atomic E-state index is 14.7. The Balaban J connectivity index is 0.00000387. The fourth-order valence-corrected chi connectivity index (χ4v) is 5.01. The molecule has 4 aromatic rings. The fraction of sp³-hybridized carbons (Fsp3) is 0.379. The van der Waals surface area contributed by atoms with Crippen molar-refractivity contribution >= 4 is 29.7 Å². The Kier molecular flexibility index (Phi) is 9.42. The third-order valence-corrected chi connectivity index (χ3v) is 7.02. The van der Waals surface area contributed by atoms with Gasteiger partial charge in [-0.2, -0.15) is 5.10 Å². The summed E-state index contributed by atoms with van der Waals surface area (Å²) in [6.45, 7) is 6.32. The number of benzene rings is 1. The van der Waals surface area contributed by atoms with Gasteiger partial charge in [-0.1, -0.05) is 6.07 Å². The predicted octanol–water partition coefficient (Wildman–Crippen LogP) is 5.02. The smallest absolute Gasteiger partial charge is 0.168 e. The number of anilines is 3. The average Bonchev–Trinajstić information content (AvgIpc) is 3.44. The van der Waals surface area contributed by atoms with Crippen LogP contribution in [-0.2, 0) is 10.3 Å². The molecule has 1 saturated heterocycles. The number of piperidine rings is 1. The summed E-state index contributed by atoms with van der Waals surface area (Å²) in [5.74, 6) is 1.18. The third kappa shape index (κ3) is 6.58. The summed E-state index contributed by atoms with van der Waals surface area (Å²) < 4.78 is 27.3. The van der Waals surface area contributed by atoms with Gasteiger partial charge < -0.3 is 25.4 Å². The standard InChI is InChI=1S/C29H35FN8O2.ClH/c1-29(2,18-39-3)38-16-19(14-34-38)21-15-33-26(13-23(21)37-12-6-7-20(31)17-37)35-25-10-11-32-28(36-25)27-22(30)8-5-9-24(27)40-4;/h5,8-11,13-16,20H,6-7,12,17-18,31H2,1-4H3,(H,32,33,35,36);1H/t20-;/m0./s1. The molecule has 1 aliphatic rings. The minimum Gasteiger partial charge on any atom is -0.496 e. The molecule has 1 aliphatic heterocycles. The molecular weight excluding hydrogens is 547 g/mol. The largest absolute Gasteiger partial charge is 0.496 e. The summed E-state index contributed by atoms with van der Waals surface area (Å²) in [4.78, 5) is 15.8. The maximum absolute atomic E-state index is 14.7. The molecule has 3 aromatic heterocycles. The van der Waals surface area contributed by atoms with Gasteiger partial charge in [-0.3, -0.25) is 4.68 Å². The van der Waals surface area contributed by atoms with Crippen molar-refractivity contribution in [3.63, 3.8) is 0 Å². The Labute approximate surface area is 245 Å². The molecule has 0 aliphatic carbocycles. The van der Waals surface area contributed by atoms with Crippen molar-refractivity contribution < 1.29 is 13.9 Å². The number of rotatable bonds is 9. The highest BCUT2D eigenvalue weighted by Gasteiger charge is 2.25. The Hall–Kier alpha value is -3.80. The Morgan fingerprint density at radius 1 is 1.15 bits per heavy atom. The summed E-state index contributed by atoms with van der Waals surface area (Å²) in [6.07, 6.45) is 9.29. The first-order chi connectivity index (χ1) is 19.3. The molecule has 1 atom stereocenters. The van der Waals surface area contributed by atoms with Crippen molar-refractivity contribution in [1.29, 1.82) is 0 Å². The second-order valence-electron chi connectivity index (χ2n) is 10.6. The molecule has 218 valence electrons. The molecule has 10 nitrogen and oxygen atoms in total. The second kappa shape index (κ2) is 12.8. The first-order valence-electron chi connectivity index (χ1n) is 13.3. The van der Waals surface area contributed by atoms with Crippen LogP contribution in [-0.4, -0.2) is 64.7 Å². The molecule has 0 saturated carbocycles. The lowest BCUT2D eigenvalue weighted by atomic mass is 10.0. The van der Waals surface area contributed by atoms with E-state index < -0.39 is 5.82 Å².